The summed E-state index contributed by atoms with van der Waals surface area (Å²) in [4.78, 5) is 103. The lowest BCUT2D eigenvalue weighted by Crippen LogP contribution is -2.64. The van der Waals surface area contributed by atoms with Crippen LogP contribution in [0.2, 0.25) is 0 Å². The van der Waals surface area contributed by atoms with Gasteiger partial charge in [-0.15, -0.1) is 10.2 Å². The van der Waals surface area contributed by atoms with Gasteiger partial charge in [0.05, 0.1) is 43.2 Å². The van der Waals surface area contributed by atoms with Crippen molar-refractivity contribution < 1.29 is 83.5 Å². The summed E-state index contributed by atoms with van der Waals surface area (Å²) in [5, 5.41) is 101. The molecule has 91 heavy (non-hydrogen) atoms. The van der Waals surface area contributed by atoms with E-state index < -0.39 is 152 Å². The van der Waals surface area contributed by atoms with Gasteiger partial charge in [-0.3, -0.25) is 33.6 Å². The van der Waals surface area contributed by atoms with E-state index >= 15 is 0 Å². The zero-order valence-corrected chi connectivity index (χ0v) is 51.2. The largest absolute Gasteiger partial charge is 0.504 e. The number of carbonyl (C=O) groups is 7. The molecule has 8 rings (SSSR count). The molecule has 3 aliphatic rings. The molecule has 4 aromatic carbocycles. The highest BCUT2D eigenvalue weighted by Crippen LogP contribution is 2.33. The Bertz CT molecular complexity index is 3320. The number of amides is 7. The highest BCUT2D eigenvalue weighted by molar-refractivity contribution is 7.17. The van der Waals surface area contributed by atoms with Crippen LogP contribution < -0.4 is 47.5 Å². The Hall–Kier alpha value is -8.23. The molecule has 0 saturated carbocycles. The fourth-order valence-electron chi connectivity index (χ4n) is 11.0. The van der Waals surface area contributed by atoms with E-state index in [4.69, 9.17) is 25.7 Å². The summed E-state index contributed by atoms with van der Waals surface area (Å²) in [6, 6.07) is 14.7. The summed E-state index contributed by atoms with van der Waals surface area (Å²) in [5.74, 6) is -7.97. The van der Waals surface area contributed by atoms with E-state index in [1.807, 2.05) is 55.5 Å². The molecule has 16 N–H and O–H groups in total. The number of nitrogens with two attached hydrogens (primary N) is 2. The Balaban J connectivity index is 1.05. The number of β-amino-alcohol motifs (C(OH)–C–C–N with tert-alkyl or cyclic N) is 1. The molecule has 29 heteroatoms. The van der Waals surface area contributed by atoms with Gasteiger partial charge in [0, 0.05) is 74.7 Å². The lowest BCUT2D eigenvalue weighted by molar-refractivity contribution is -0.147. The van der Waals surface area contributed by atoms with Gasteiger partial charge in [-0.2, -0.15) is 0 Å². The van der Waals surface area contributed by atoms with E-state index in [1.54, 1.807) is 12.1 Å². The van der Waals surface area contributed by atoms with Crippen molar-refractivity contribution in [2.75, 3.05) is 59.2 Å². The standard InChI is InChI=1S/C62H79N11O17S/c1-4-88-23-24-89-42-16-14-36(15-17-42)35-6-10-38(11-7-35)59-70-71-60(91-59)39-12-8-37(9-13-39)54(81)66-43-27-40(75)29-65-58(85)52-53(80)32(2)30-73(52)62(87)51(46(78)19-20-63)69-57(84)50(47(79)25-34-5-18-45(77)48(26-34)90-22-21-64)68-56(83)44-28-41(76)31-72(44)61(86)49(33(3)74)67-55(43)82/h5-18,26,32-33,40-41,43-44,46-47,49-53,74-80H,4,19-25,27-31,63-64H2,1-3H3,(H,65,85)(H,66,81)(H,67,82)(H,68,83)(H,69,84)/t32-,33+,40+,41+,43?,44-,46+,47+,49-,50-,51-,52-,53-/m0/s1. The van der Waals surface area contributed by atoms with Gasteiger partial charge >= 0.3 is 0 Å². The van der Waals surface area contributed by atoms with E-state index in [1.165, 1.54) is 48.6 Å². The minimum absolute atomic E-state index is 0.00757. The van der Waals surface area contributed by atoms with Crippen LogP contribution in [0.15, 0.2) is 91.0 Å². The van der Waals surface area contributed by atoms with Crippen molar-refractivity contribution in [1.82, 2.24) is 46.6 Å². The van der Waals surface area contributed by atoms with Crippen LogP contribution in [0.3, 0.4) is 0 Å². The molecule has 3 aliphatic heterocycles. The van der Waals surface area contributed by atoms with Gasteiger partial charge in [-0.25, -0.2) is 0 Å². The first-order valence-corrected chi connectivity index (χ1v) is 30.8. The first kappa shape index (κ1) is 68.7. The molecule has 0 aliphatic carbocycles. The summed E-state index contributed by atoms with van der Waals surface area (Å²) in [5.41, 5.74) is 15.0. The van der Waals surface area contributed by atoms with Gasteiger partial charge in [0.15, 0.2) is 11.5 Å². The molecule has 5 aromatic rings. The molecule has 13 atom stereocenters. The third-order valence-electron chi connectivity index (χ3n) is 15.9. The fourth-order valence-corrected chi connectivity index (χ4v) is 11.8. The van der Waals surface area contributed by atoms with Crippen molar-refractivity contribution >= 4 is 52.7 Å². The Kier molecular flexibility index (Phi) is 23.9. The highest BCUT2D eigenvalue weighted by atomic mass is 32.1. The van der Waals surface area contributed by atoms with Crippen LogP contribution in [0, 0.1) is 5.92 Å². The molecular weight excluding hydrogens is 1200 g/mol. The van der Waals surface area contributed by atoms with Crippen LogP contribution in [0.25, 0.3) is 32.3 Å². The summed E-state index contributed by atoms with van der Waals surface area (Å²) in [6.45, 7) is 4.52. The van der Waals surface area contributed by atoms with Crippen LogP contribution in [0.4, 0.5) is 0 Å². The minimum Gasteiger partial charge on any atom is -0.504 e. The lowest BCUT2D eigenvalue weighted by Gasteiger charge is -2.34. The van der Waals surface area contributed by atoms with Crippen molar-refractivity contribution in [2.24, 2.45) is 17.4 Å². The summed E-state index contributed by atoms with van der Waals surface area (Å²) >= 11 is 1.30. The van der Waals surface area contributed by atoms with Crippen molar-refractivity contribution in [3.63, 3.8) is 0 Å². The molecule has 3 saturated heterocycles. The molecular formula is C62H79N11O17S. The number of ether oxygens (including phenoxy) is 3. The molecule has 3 fully saturated rings. The molecule has 0 bridgehead atoms. The Labute approximate surface area is 528 Å². The quantitative estimate of drug-likeness (QED) is 0.0386. The second-order valence-electron chi connectivity index (χ2n) is 22.7. The number of benzene rings is 4. The predicted octanol–water partition coefficient (Wildman–Crippen LogP) is -1.71. The number of nitrogens with zero attached hydrogens (tertiary/aromatic N) is 4. The number of carbonyl (C=O) groups excluding carboxylic acids is 7. The molecule has 7 amide bonds. The highest BCUT2D eigenvalue weighted by Gasteiger charge is 2.50. The maximum absolute atomic E-state index is 14.7. The van der Waals surface area contributed by atoms with Gasteiger partial charge in [0.2, 0.25) is 35.4 Å². The van der Waals surface area contributed by atoms with Crippen LogP contribution in [0.5, 0.6) is 17.2 Å². The maximum atomic E-state index is 14.7. The third-order valence-corrected chi connectivity index (χ3v) is 16.9. The molecule has 0 spiro atoms. The minimum atomic E-state index is -2.05. The first-order valence-electron chi connectivity index (χ1n) is 30.0. The van der Waals surface area contributed by atoms with Gasteiger partial charge in [-0.1, -0.05) is 72.9 Å². The smallest absolute Gasteiger partial charge is 0.251 e. The van der Waals surface area contributed by atoms with Crippen LogP contribution >= 0.6 is 11.3 Å². The number of rotatable bonds is 20. The maximum Gasteiger partial charge on any atom is 0.251 e. The van der Waals surface area contributed by atoms with E-state index in [-0.39, 0.29) is 55.3 Å². The zero-order chi connectivity index (χ0) is 65.6. The fraction of sp³-hybridized carbons (Fsp3) is 0.468. The van der Waals surface area contributed by atoms with Gasteiger partial charge in [0.1, 0.15) is 65.2 Å². The van der Waals surface area contributed by atoms with E-state index in [2.05, 4.69) is 36.8 Å². The molecule has 0 radical (unpaired) electrons. The molecule has 28 nitrogen and oxygen atoms in total. The van der Waals surface area contributed by atoms with E-state index in [9.17, 15) is 69.3 Å². The topological polar surface area (TPSA) is 433 Å². The number of fused-ring (bicyclic) bond motifs is 2. The average Bonchev–Trinajstić information content (AvgIpc) is 1.72. The number of aliphatic hydroxyl groups excluding tert-OH is 6. The van der Waals surface area contributed by atoms with Crippen molar-refractivity contribution in [3.8, 4) is 49.5 Å². The first-order chi connectivity index (χ1) is 43.6. The van der Waals surface area contributed by atoms with Crippen molar-refractivity contribution in [3.05, 3.63) is 102 Å². The molecule has 4 heterocycles. The van der Waals surface area contributed by atoms with E-state index in [0.29, 0.717) is 35.4 Å². The average molecular weight is 1280 g/mol. The number of phenolic OH excluding ortho intramolecular Hbond substituents is 1. The van der Waals surface area contributed by atoms with E-state index in [0.717, 1.165) is 39.2 Å². The number of aromatic hydroxyl groups is 1. The Morgan fingerprint density at radius 1 is 0.692 bits per heavy atom. The summed E-state index contributed by atoms with van der Waals surface area (Å²) in [6.07, 6.45) is -11.9. The van der Waals surface area contributed by atoms with Crippen molar-refractivity contribution in [1.29, 1.82) is 0 Å². The number of hydrogen-bond donors (Lipinski definition) is 14. The summed E-state index contributed by atoms with van der Waals surface area (Å²) in [7, 11) is 0. The SMILES string of the molecule is CCOCCOc1ccc(-c2ccc(-c3nnc(-c4ccc(C(=O)NC5C[C@@H](O)CNC(=O)[C@@H]6[C@@H](O)[C@@H](C)CN6C(=O)[C@H]([C@H](O)CCN)NC(=O)[C@H]([C@H](O)Cc6ccc(O)c(OCCN)c6)NC(=O)[C@@H]6C[C@@H](O)CN6C(=O)[C@H]([C@@H](C)O)NC5=O)cc4)s3)cc2)cc1. The third kappa shape index (κ3) is 17.2. The van der Waals surface area contributed by atoms with Crippen molar-refractivity contribution in [2.45, 2.75) is 119 Å². The van der Waals surface area contributed by atoms with Crippen LogP contribution in [-0.2, 0) is 39.9 Å². The van der Waals surface area contributed by atoms with Gasteiger partial charge in [0.25, 0.3) is 5.91 Å². The second-order valence-corrected chi connectivity index (χ2v) is 23.6. The lowest BCUT2D eigenvalue weighted by atomic mass is 9.98. The number of hydrogen-bond acceptors (Lipinski definition) is 22. The van der Waals surface area contributed by atoms with Gasteiger partial charge in [-0.05, 0) is 79.9 Å². The Morgan fingerprint density at radius 2 is 1.31 bits per heavy atom. The molecule has 490 valence electrons. The molecule has 1 unspecified atom stereocenters. The Morgan fingerprint density at radius 3 is 1.95 bits per heavy atom. The van der Waals surface area contributed by atoms with Crippen LogP contribution in [-0.4, -0.2) is 229 Å². The monoisotopic (exact) mass is 1280 g/mol. The van der Waals surface area contributed by atoms with Crippen LogP contribution in [0.1, 0.15) is 56.0 Å². The molecule has 1 aromatic heterocycles. The predicted molar refractivity (Wildman–Crippen MR) is 329 cm³/mol. The second kappa shape index (κ2) is 31.7. The zero-order valence-electron chi connectivity index (χ0n) is 50.4. The number of phenols is 1. The number of aliphatic hydroxyl groups is 6. The normalized spacial score (nSPS) is 24.8. The van der Waals surface area contributed by atoms with Gasteiger partial charge < -0.3 is 97.8 Å². The number of nitrogens with one attached hydrogen (secondary N) is 5. The summed E-state index contributed by atoms with van der Waals surface area (Å²) < 4.78 is 16.6. The number of aromatic nitrogens is 2.